The van der Waals surface area contributed by atoms with Gasteiger partial charge in [-0.05, 0) is 72.2 Å². The highest BCUT2D eigenvalue weighted by atomic mass is 32.2. The van der Waals surface area contributed by atoms with E-state index in [0.29, 0.717) is 10.6 Å². The predicted octanol–water partition coefficient (Wildman–Crippen LogP) is 8.71. The summed E-state index contributed by atoms with van der Waals surface area (Å²) in [5.74, 6) is -4.93. The molecule has 0 N–H and O–H groups in total. The Morgan fingerprint density at radius 3 is 2.38 bits per heavy atom. The second kappa shape index (κ2) is 16.7. The van der Waals surface area contributed by atoms with E-state index in [1.165, 1.54) is 24.3 Å². The SMILES string of the molecule is [2H]c1c(C)c([2H])c2c(c1[2H])c(=O)c([2H])c(SC([2H])([2H])c1cccc(F)c1F)n2CC(=O)N(Cc1ccc(-c2ccc(C(F)(F)F)cc2)cc1)C1([2H])C([2H])([2H])C([2H])([2H])N(C([2H])([2H])COC)C([2H])([2H])C1([2H])[2H]. The summed E-state index contributed by atoms with van der Waals surface area (Å²) in [6, 6.07) is 3.52. The molecule has 1 aromatic heterocycles. The number of carbonyl (C=O) groups excluding carboxylic acids is 1. The highest BCUT2D eigenvalue weighted by Crippen LogP contribution is 2.32. The van der Waals surface area contributed by atoms with Gasteiger partial charge in [-0.15, -0.1) is 11.8 Å². The summed E-state index contributed by atoms with van der Waals surface area (Å²) in [6.07, 6.45) is -13.1. The van der Waals surface area contributed by atoms with E-state index in [1.807, 2.05) is 0 Å². The largest absolute Gasteiger partial charge is 0.416 e. The van der Waals surface area contributed by atoms with Gasteiger partial charge in [0.25, 0.3) is 0 Å². The Bertz CT molecular complexity index is 2910. The number of hydrogen-bond donors (Lipinski definition) is 0. The van der Waals surface area contributed by atoms with Crippen molar-refractivity contribution in [3.8, 4) is 11.1 Å². The highest BCUT2D eigenvalue weighted by molar-refractivity contribution is 7.98. The lowest BCUT2D eigenvalue weighted by Gasteiger charge is -2.39. The summed E-state index contributed by atoms with van der Waals surface area (Å²) in [4.78, 5) is 28.9. The van der Waals surface area contributed by atoms with E-state index in [2.05, 4.69) is 0 Å². The maximum absolute atomic E-state index is 15.4. The Balaban J connectivity index is 1.63. The van der Waals surface area contributed by atoms with Crippen LogP contribution in [0.15, 0.2) is 101 Å². The number of thioether (sulfide) groups is 1. The Morgan fingerprint density at radius 1 is 1.04 bits per heavy atom. The lowest BCUT2D eigenvalue weighted by Crippen LogP contribution is -2.48. The number of fused-ring (bicyclic) bond motifs is 1. The molecule has 0 aliphatic carbocycles. The van der Waals surface area contributed by atoms with Gasteiger partial charge in [-0.3, -0.25) is 9.59 Å². The van der Waals surface area contributed by atoms with Crippen molar-refractivity contribution in [2.24, 2.45) is 0 Å². The Kier molecular flexibility index (Phi) is 6.91. The maximum Gasteiger partial charge on any atom is 0.416 e. The summed E-state index contributed by atoms with van der Waals surface area (Å²) in [7, 11) is 0.933. The number of alkyl halides is 3. The van der Waals surface area contributed by atoms with E-state index in [1.54, 1.807) is 0 Å². The molecule has 1 saturated heterocycles. The monoisotopic (exact) mass is 766 g/mol. The predicted molar refractivity (Wildman–Crippen MR) is 198 cm³/mol. The van der Waals surface area contributed by atoms with Crippen LogP contribution in [0.5, 0.6) is 0 Å². The van der Waals surface area contributed by atoms with Gasteiger partial charge < -0.3 is 19.1 Å². The van der Waals surface area contributed by atoms with Gasteiger partial charge >= 0.3 is 6.18 Å². The summed E-state index contributed by atoms with van der Waals surface area (Å²) in [5.41, 5.74) is -7.25. The lowest BCUT2D eigenvalue weighted by molar-refractivity contribution is -0.137. The van der Waals surface area contributed by atoms with E-state index >= 15 is 9.18 Å². The summed E-state index contributed by atoms with van der Waals surface area (Å²) in [5, 5.41) is -1.80. The third-order valence-electron chi connectivity index (χ3n) is 7.73. The first kappa shape index (κ1) is 22.0. The summed E-state index contributed by atoms with van der Waals surface area (Å²) < 4.78 is 227. The first-order chi connectivity index (χ1) is 32.0. The number of ether oxygens (including phenoxy) is 1. The average Bonchev–Trinajstić information content (AvgIpc) is 3.26. The van der Waals surface area contributed by atoms with Gasteiger partial charge in [0.1, 0.15) is 6.54 Å². The number of benzene rings is 4. The number of piperidine rings is 1. The van der Waals surface area contributed by atoms with Crippen LogP contribution in [0.25, 0.3) is 22.0 Å². The molecular formula is C41H40F5N3O3S. The van der Waals surface area contributed by atoms with Crippen LogP contribution in [0.1, 0.15) is 58.3 Å². The highest BCUT2D eigenvalue weighted by Gasteiger charge is 2.31. The molecule has 5 aromatic rings. The number of amides is 1. The van der Waals surface area contributed by atoms with Gasteiger partial charge in [0.15, 0.2) is 17.1 Å². The normalized spacial score (nSPS) is 23.8. The molecule has 278 valence electrons. The van der Waals surface area contributed by atoms with E-state index in [0.717, 1.165) is 50.4 Å². The van der Waals surface area contributed by atoms with Crippen LogP contribution in [0, 0.1) is 18.6 Å². The minimum Gasteiger partial charge on any atom is -0.383 e. The Morgan fingerprint density at radius 2 is 1.72 bits per heavy atom. The van der Waals surface area contributed by atoms with E-state index in [4.69, 9.17) is 21.2 Å². The molecule has 0 unspecified atom stereocenters. The molecule has 0 spiro atoms. The lowest BCUT2D eigenvalue weighted by atomic mass is 10.00. The van der Waals surface area contributed by atoms with Crippen LogP contribution < -0.4 is 5.43 Å². The van der Waals surface area contributed by atoms with Crippen LogP contribution in [-0.4, -0.2) is 59.5 Å². The zero-order valence-electron chi connectivity index (χ0n) is 44.8. The Hall–Kier alpha value is -4.52. The molecule has 0 atom stereocenters. The van der Waals surface area contributed by atoms with E-state index in [-0.39, 0.29) is 38.9 Å². The Labute approximate surface area is 333 Å². The van der Waals surface area contributed by atoms with Gasteiger partial charge in [-0.1, -0.05) is 54.6 Å². The second-order valence-corrected chi connectivity index (χ2v) is 12.2. The number of carbonyl (C=O) groups is 1. The zero-order valence-corrected chi connectivity index (χ0v) is 28.7. The fourth-order valence-corrected chi connectivity index (χ4v) is 5.84. The van der Waals surface area contributed by atoms with Crippen LogP contribution in [0.2, 0.25) is 0 Å². The fraction of sp³-hybridized carbons (Fsp3) is 0.317. The molecule has 4 aromatic carbocycles. The molecule has 1 amide bonds. The van der Waals surface area contributed by atoms with Crippen molar-refractivity contribution in [3.05, 3.63) is 135 Å². The quantitative estimate of drug-likeness (QED) is 0.0940. The number of aromatic nitrogens is 1. The third-order valence-corrected chi connectivity index (χ3v) is 8.57. The number of likely N-dealkylation sites (tertiary alicyclic amines) is 1. The maximum atomic E-state index is 15.4. The van der Waals surface area contributed by atoms with E-state index in [9.17, 15) is 29.2 Å². The van der Waals surface area contributed by atoms with Crippen molar-refractivity contribution < 1.29 is 54.8 Å². The number of pyridine rings is 1. The van der Waals surface area contributed by atoms with Gasteiger partial charge in [0, 0.05) is 78.3 Å². The summed E-state index contributed by atoms with van der Waals surface area (Å²) in [6.45, 7) is -14.2. The molecule has 0 bridgehead atoms. The molecule has 1 fully saturated rings. The first-order valence-corrected chi connectivity index (χ1v) is 16.4. The van der Waals surface area contributed by atoms with Crippen molar-refractivity contribution in [1.29, 1.82) is 0 Å². The zero-order chi connectivity index (χ0) is 52.9. The smallest absolute Gasteiger partial charge is 0.383 e. The molecular weight excluding hydrogens is 710 g/mol. The number of halogens is 5. The number of rotatable bonds is 12. The molecule has 2 heterocycles. The van der Waals surface area contributed by atoms with Crippen LogP contribution in [0.3, 0.4) is 0 Å². The average molecular weight is 767 g/mol. The molecule has 6 rings (SSSR count). The molecule has 0 saturated carbocycles. The second-order valence-electron chi connectivity index (χ2n) is 11.4. The minimum atomic E-state index is -4.67. The van der Waals surface area contributed by atoms with Gasteiger partial charge in [0.2, 0.25) is 5.91 Å². The van der Waals surface area contributed by atoms with Gasteiger partial charge in [0.05, 0.1) is 29.6 Å². The molecule has 1 aliphatic rings. The van der Waals surface area contributed by atoms with Crippen LogP contribution >= 0.6 is 11.8 Å². The number of nitrogens with zero attached hydrogens (tertiary/aromatic N) is 3. The molecule has 12 heteroatoms. The number of methoxy groups -OCH3 is 1. The third kappa shape index (κ3) is 9.17. The molecule has 1 aliphatic heterocycles. The van der Waals surface area contributed by atoms with Crippen molar-refractivity contribution in [2.75, 3.05) is 33.2 Å². The fourth-order valence-electron chi connectivity index (χ4n) is 5.07. The van der Waals surface area contributed by atoms with Crippen molar-refractivity contribution in [2.45, 2.75) is 55.7 Å². The van der Waals surface area contributed by atoms with Crippen molar-refractivity contribution in [3.63, 3.8) is 0 Å². The van der Waals surface area contributed by atoms with Crippen LogP contribution in [0.4, 0.5) is 22.0 Å². The molecule has 0 radical (unpaired) electrons. The van der Waals surface area contributed by atoms with Gasteiger partial charge in [-0.2, -0.15) is 13.2 Å². The molecule has 6 nitrogen and oxygen atoms in total. The topological polar surface area (TPSA) is 54.8 Å². The van der Waals surface area contributed by atoms with E-state index < -0.39 is 149 Å². The number of hydrogen-bond acceptors (Lipinski definition) is 5. The molecule has 53 heavy (non-hydrogen) atoms. The van der Waals surface area contributed by atoms with Gasteiger partial charge in [-0.25, -0.2) is 8.78 Å². The summed E-state index contributed by atoms with van der Waals surface area (Å²) >= 11 is -0.168. The standard InChI is InChI=1S/C41H40F5N3O3S/c1-27-6-15-34-36(22-27)49(39(23-37(34)50)53-26-31-4-3-5-35(42)40(31)43)25-38(51)48(33-16-18-47(19-17-33)20-21-52-2)24-28-7-9-29(10-8-28)30-11-13-32(14-12-30)41(44,45)46/h3-15,22-23,33H,16-21,24-26H2,1-2H3/i6D,15D,16D2,17D2,18D2,19D2,20D2,22D,23D,26D2,33D. The van der Waals surface area contributed by atoms with Crippen molar-refractivity contribution in [1.82, 2.24) is 14.4 Å². The first-order valence-electron chi connectivity index (χ1n) is 24.1. The van der Waals surface area contributed by atoms with Crippen molar-refractivity contribution >= 4 is 28.6 Å². The van der Waals surface area contributed by atoms with Crippen LogP contribution in [-0.2, 0) is 34.5 Å². The minimum absolute atomic E-state index is 0.0405.